The van der Waals surface area contributed by atoms with Crippen molar-refractivity contribution in [1.82, 2.24) is 5.32 Å². The summed E-state index contributed by atoms with van der Waals surface area (Å²) in [4.78, 5) is 12.0. The Hall–Kier alpha value is -1.84. The predicted octanol–water partition coefficient (Wildman–Crippen LogP) is 3.94. The topological polar surface area (TPSA) is 41.1 Å². The van der Waals surface area contributed by atoms with E-state index >= 15 is 0 Å². The van der Waals surface area contributed by atoms with Crippen LogP contribution in [0.1, 0.15) is 24.1 Å². The number of anilines is 1. The van der Waals surface area contributed by atoms with Gasteiger partial charge in [0.05, 0.1) is 6.54 Å². The summed E-state index contributed by atoms with van der Waals surface area (Å²) in [6.07, 6.45) is 0. The number of benzene rings is 2. The fourth-order valence-corrected chi connectivity index (χ4v) is 2.22. The van der Waals surface area contributed by atoms with Gasteiger partial charge in [-0.25, -0.2) is 0 Å². The van der Waals surface area contributed by atoms with Crippen molar-refractivity contribution in [2.45, 2.75) is 19.9 Å². The molecule has 2 rings (SSSR count). The first kappa shape index (κ1) is 15.5. The molecule has 0 aliphatic carbocycles. The summed E-state index contributed by atoms with van der Waals surface area (Å²) >= 11 is 6.04. The van der Waals surface area contributed by atoms with Gasteiger partial charge < -0.3 is 10.6 Å². The number of hydrogen-bond acceptors (Lipinski definition) is 2. The first-order valence-corrected chi connectivity index (χ1v) is 7.29. The Labute approximate surface area is 130 Å². The van der Waals surface area contributed by atoms with Crippen molar-refractivity contribution in [1.29, 1.82) is 0 Å². The van der Waals surface area contributed by atoms with Crippen LogP contribution in [0.3, 0.4) is 0 Å². The lowest BCUT2D eigenvalue weighted by molar-refractivity contribution is -0.115. The number of rotatable bonds is 5. The summed E-state index contributed by atoms with van der Waals surface area (Å²) in [7, 11) is 0. The fraction of sp³-hybridized carbons (Fsp3) is 0.235. The molecule has 0 aliphatic rings. The minimum atomic E-state index is -0.0804. The molecular formula is C17H19ClN2O. The lowest BCUT2D eigenvalue weighted by atomic mass is 10.1. The highest BCUT2D eigenvalue weighted by Gasteiger charge is 2.09. The van der Waals surface area contributed by atoms with Gasteiger partial charge in [-0.05, 0) is 37.1 Å². The van der Waals surface area contributed by atoms with Crippen molar-refractivity contribution in [3.8, 4) is 0 Å². The zero-order chi connectivity index (χ0) is 15.2. The van der Waals surface area contributed by atoms with Gasteiger partial charge in [0.1, 0.15) is 0 Å². The van der Waals surface area contributed by atoms with E-state index in [1.807, 2.05) is 62.4 Å². The Balaban J connectivity index is 1.89. The Bertz CT molecular complexity index is 613. The fourth-order valence-electron chi connectivity index (χ4n) is 2.04. The summed E-state index contributed by atoms with van der Waals surface area (Å²) in [5.41, 5.74) is 2.79. The molecule has 110 valence electrons. The van der Waals surface area contributed by atoms with Crippen molar-refractivity contribution in [3.05, 3.63) is 64.7 Å². The molecule has 0 saturated heterocycles. The quantitative estimate of drug-likeness (QED) is 0.878. The maximum Gasteiger partial charge on any atom is 0.238 e. The number of carbonyl (C=O) groups is 1. The van der Waals surface area contributed by atoms with Crippen LogP contribution in [0.2, 0.25) is 5.02 Å². The SMILES string of the molecule is Cc1c(Cl)cccc1NC(=O)CN[C@@H](C)c1ccccc1. The van der Waals surface area contributed by atoms with E-state index in [2.05, 4.69) is 10.6 Å². The van der Waals surface area contributed by atoms with Crippen LogP contribution >= 0.6 is 11.6 Å². The van der Waals surface area contributed by atoms with Crippen LogP contribution in [-0.4, -0.2) is 12.5 Å². The maximum atomic E-state index is 12.0. The van der Waals surface area contributed by atoms with Gasteiger partial charge in [0.25, 0.3) is 0 Å². The van der Waals surface area contributed by atoms with E-state index in [9.17, 15) is 4.79 Å². The zero-order valence-corrected chi connectivity index (χ0v) is 12.9. The van der Waals surface area contributed by atoms with Crippen molar-refractivity contribution < 1.29 is 4.79 Å². The summed E-state index contributed by atoms with van der Waals surface area (Å²) < 4.78 is 0. The van der Waals surface area contributed by atoms with Crippen LogP contribution < -0.4 is 10.6 Å². The van der Waals surface area contributed by atoms with Crippen LogP contribution in [0, 0.1) is 6.92 Å². The highest BCUT2D eigenvalue weighted by molar-refractivity contribution is 6.31. The molecule has 0 spiro atoms. The van der Waals surface area contributed by atoms with E-state index in [0.29, 0.717) is 5.02 Å². The van der Waals surface area contributed by atoms with E-state index in [1.54, 1.807) is 0 Å². The van der Waals surface area contributed by atoms with E-state index in [-0.39, 0.29) is 18.5 Å². The van der Waals surface area contributed by atoms with Crippen molar-refractivity contribution in [3.63, 3.8) is 0 Å². The number of carbonyl (C=O) groups excluding carboxylic acids is 1. The molecular weight excluding hydrogens is 284 g/mol. The highest BCUT2D eigenvalue weighted by Crippen LogP contribution is 2.22. The van der Waals surface area contributed by atoms with Gasteiger partial charge in [-0.1, -0.05) is 48.0 Å². The Kier molecular flexibility index (Phi) is 5.37. The van der Waals surface area contributed by atoms with E-state index in [0.717, 1.165) is 16.8 Å². The zero-order valence-electron chi connectivity index (χ0n) is 12.2. The van der Waals surface area contributed by atoms with E-state index in [1.165, 1.54) is 0 Å². The molecule has 0 saturated carbocycles. The average Bonchev–Trinajstić information content (AvgIpc) is 2.50. The molecule has 1 atom stereocenters. The molecule has 0 aliphatic heterocycles. The molecule has 3 nitrogen and oxygen atoms in total. The molecule has 0 unspecified atom stereocenters. The van der Waals surface area contributed by atoms with Crippen molar-refractivity contribution >= 4 is 23.2 Å². The van der Waals surface area contributed by atoms with Gasteiger partial charge in [0, 0.05) is 16.8 Å². The summed E-state index contributed by atoms with van der Waals surface area (Å²) in [6.45, 7) is 4.17. The van der Waals surface area contributed by atoms with E-state index in [4.69, 9.17) is 11.6 Å². The molecule has 0 radical (unpaired) electrons. The molecule has 0 aromatic heterocycles. The normalized spacial score (nSPS) is 12.0. The van der Waals surface area contributed by atoms with Crippen LogP contribution in [0.4, 0.5) is 5.69 Å². The maximum absolute atomic E-state index is 12.0. The van der Waals surface area contributed by atoms with Crippen molar-refractivity contribution in [2.24, 2.45) is 0 Å². The minimum absolute atomic E-state index is 0.0804. The molecule has 0 bridgehead atoms. The Morgan fingerprint density at radius 2 is 1.86 bits per heavy atom. The van der Waals surface area contributed by atoms with Gasteiger partial charge in [0.2, 0.25) is 5.91 Å². The standard InChI is InChI=1S/C17H19ClN2O/c1-12-15(18)9-6-10-16(12)20-17(21)11-19-13(2)14-7-4-3-5-8-14/h3-10,13,19H,11H2,1-2H3,(H,20,21)/t13-/m0/s1. The molecule has 1 amide bonds. The third kappa shape index (κ3) is 4.31. The lowest BCUT2D eigenvalue weighted by Gasteiger charge is -2.15. The second kappa shape index (κ2) is 7.25. The van der Waals surface area contributed by atoms with Gasteiger partial charge in [-0.15, -0.1) is 0 Å². The molecule has 0 fully saturated rings. The first-order valence-electron chi connectivity index (χ1n) is 6.91. The third-order valence-electron chi connectivity index (χ3n) is 3.41. The monoisotopic (exact) mass is 302 g/mol. The first-order chi connectivity index (χ1) is 10.1. The summed E-state index contributed by atoms with van der Waals surface area (Å²) in [6, 6.07) is 15.6. The van der Waals surface area contributed by atoms with Crippen LogP contribution in [-0.2, 0) is 4.79 Å². The lowest BCUT2D eigenvalue weighted by Crippen LogP contribution is -2.30. The van der Waals surface area contributed by atoms with E-state index < -0.39 is 0 Å². The van der Waals surface area contributed by atoms with Crippen LogP contribution in [0.5, 0.6) is 0 Å². The molecule has 2 N–H and O–H groups in total. The van der Waals surface area contributed by atoms with Crippen LogP contribution in [0.25, 0.3) is 0 Å². The molecule has 4 heteroatoms. The van der Waals surface area contributed by atoms with Crippen LogP contribution in [0.15, 0.2) is 48.5 Å². The molecule has 21 heavy (non-hydrogen) atoms. The second-order valence-corrected chi connectivity index (χ2v) is 5.38. The number of halogens is 1. The average molecular weight is 303 g/mol. The molecule has 2 aromatic rings. The largest absolute Gasteiger partial charge is 0.325 e. The Morgan fingerprint density at radius 1 is 1.14 bits per heavy atom. The number of hydrogen-bond donors (Lipinski definition) is 2. The van der Waals surface area contributed by atoms with Crippen molar-refractivity contribution in [2.75, 3.05) is 11.9 Å². The number of amides is 1. The summed E-state index contributed by atoms with van der Waals surface area (Å²) in [5.74, 6) is -0.0804. The predicted molar refractivity (Wildman–Crippen MR) is 87.7 cm³/mol. The van der Waals surface area contributed by atoms with Gasteiger partial charge in [0.15, 0.2) is 0 Å². The van der Waals surface area contributed by atoms with Gasteiger partial charge >= 0.3 is 0 Å². The number of nitrogens with one attached hydrogen (secondary N) is 2. The minimum Gasteiger partial charge on any atom is -0.325 e. The summed E-state index contributed by atoms with van der Waals surface area (Å²) in [5, 5.41) is 6.73. The smallest absolute Gasteiger partial charge is 0.238 e. The second-order valence-electron chi connectivity index (χ2n) is 4.97. The third-order valence-corrected chi connectivity index (χ3v) is 3.82. The Morgan fingerprint density at radius 3 is 2.57 bits per heavy atom. The highest BCUT2D eigenvalue weighted by atomic mass is 35.5. The molecule has 2 aromatic carbocycles. The molecule has 0 heterocycles. The van der Waals surface area contributed by atoms with Gasteiger partial charge in [-0.2, -0.15) is 0 Å². The van der Waals surface area contributed by atoms with Gasteiger partial charge in [-0.3, -0.25) is 4.79 Å².